The Bertz CT molecular complexity index is 532. The van der Waals surface area contributed by atoms with Crippen LogP contribution in [-0.2, 0) is 14.3 Å². The molecular formula is C13H13ClN2O3. The Kier molecular flexibility index (Phi) is 4.29. The summed E-state index contributed by atoms with van der Waals surface area (Å²) in [7, 11) is 1.58. The quantitative estimate of drug-likeness (QED) is 0.783. The Hall–Kier alpha value is -1.72. The van der Waals surface area contributed by atoms with E-state index in [4.69, 9.17) is 16.3 Å². The minimum Gasteiger partial charge on any atom is -0.380 e. The molecule has 0 aromatic carbocycles. The Labute approximate surface area is 115 Å². The van der Waals surface area contributed by atoms with Crippen LogP contribution in [0, 0.1) is 5.92 Å². The van der Waals surface area contributed by atoms with Crippen molar-refractivity contribution in [2.24, 2.45) is 10.9 Å². The molecule has 2 aliphatic rings. The first-order chi connectivity index (χ1) is 9.13. The van der Waals surface area contributed by atoms with Gasteiger partial charge in [0.25, 0.3) is 5.91 Å². The van der Waals surface area contributed by atoms with Gasteiger partial charge in [0.2, 0.25) is 5.91 Å². The molecule has 0 saturated heterocycles. The first kappa shape index (κ1) is 13.7. The SMILES string of the molecule is COCC1=CC(=O)NC2=CC(=NC(=O)CCl)C=CC12. The summed E-state index contributed by atoms with van der Waals surface area (Å²) >= 11 is 5.40. The second-order valence-corrected chi connectivity index (χ2v) is 4.41. The molecular weight excluding hydrogens is 268 g/mol. The molecule has 2 rings (SSSR count). The number of carbonyl (C=O) groups is 2. The average molecular weight is 281 g/mol. The van der Waals surface area contributed by atoms with Crippen molar-refractivity contribution in [1.29, 1.82) is 0 Å². The van der Waals surface area contributed by atoms with Crippen LogP contribution in [0.3, 0.4) is 0 Å². The zero-order chi connectivity index (χ0) is 13.8. The van der Waals surface area contributed by atoms with Crippen LogP contribution in [0.5, 0.6) is 0 Å². The lowest BCUT2D eigenvalue weighted by atomic mass is 9.88. The third-order valence-electron chi connectivity index (χ3n) is 2.76. The highest BCUT2D eigenvalue weighted by Crippen LogP contribution is 2.27. The molecule has 19 heavy (non-hydrogen) atoms. The summed E-state index contributed by atoms with van der Waals surface area (Å²) in [5.74, 6) is -0.813. The predicted molar refractivity (Wildman–Crippen MR) is 72.0 cm³/mol. The molecule has 0 aromatic rings. The van der Waals surface area contributed by atoms with Crippen molar-refractivity contribution in [2.75, 3.05) is 19.6 Å². The van der Waals surface area contributed by atoms with Gasteiger partial charge in [-0.15, -0.1) is 11.6 Å². The molecule has 0 saturated carbocycles. The minimum absolute atomic E-state index is 0.0392. The van der Waals surface area contributed by atoms with Gasteiger partial charge in [-0.1, -0.05) is 6.08 Å². The molecule has 0 spiro atoms. The smallest absolute Gasteiger partial charge is 0.261 e. The van der Waals surface area contributed by atoms with E-state index in [1.807, 2.05) is 6.08 Å². The van der Waals surface area contributed by atoms with Gasteiger partial charge < -0.3 is 10.1 Å². The molecule has 1 aliphatic heterocycles. The average Bonchev–Trinajstić information content (AvgIpc) is 2.38. The molecule has 5 nitrogen and oxygen atoms in total. The van der Waals surface area contributed by atoms with Crippen LogP contribution in [0.25, 0.3) is 0 Å². The van der Waals surface area contributed by atoms with E-state index in [2.05, 4.69) is 10.3 Å². The standard InChI is InChI=1S/C13H13ClN2O3/c1-19-7-8-4-12(17)16-11-5-9(2-3-10(8)11)15-13(18)6-14/h2-5,10H,6-7H2,1H3,(H,16,17). The van der Waals surface area contributed by atoms with E-state index in [-0.39, 0.29) is 17.7 Å². The van der Waals surface area contributed by atoms with E-state index in [0.29, 0.717) is 18.0 Å². The fourth-order valence-corrected chi connectivity index (χ4v) is 2.07. The van der Waals surface area contributed by atoms with Gasteiger partial charge in [0.05, 0.1) is 12.3 Å². The molecule has 1 unspecified atom stereocenters. The van der Waals surface area contributed by atoms with E-state index in [1.165, 1.54) is 6.08 Å². The van der Waals surface area contributed by atoms with Crippen LogP contribution in [0.15, 0.2) is 40.6 Å². The van der Waals surface area contributed by atoms with Gasteiger partial charge in [0.1, 0.15) is 5.88 Å². The van der Waals surface area contributed by atoms with Crippen LogP contribution in [0.4, 0.5) is 0 Å². The van der Waals surface area contributed by atoms with Crippen molar-refractivity contribution in [1.82, 2.24) is 5.32 Å². The van der Waals surface area contributed by atoms with Crippen LogP contribution in [0.1, 0.15) is 0 Å². The van der Waals surface area contributed by atoms with E-state index in [0.717, 1.165) is 5.57 Å². The maximum Gasteiger partial charge on any atom is 0.261 e. The topological polar surface area (TPSA) is 67.8 Å². The maximum atomic E-state index is 11.6. The largest absolute Gasteiger partial charge is 0.380 e. The van der Waals surface area contributed by atoms with Crippen molar-refractivity contribution >= 4 is 29.1 Å². The van der Waals surface area contributed by atoms with E-state index >= 15 is 0 Å². The number of allylic oxidation sites excluding steroid dienone is 3. The Morgan fingerprint density at radius 1 is 1.53 bits per heavy atom. The van der Waals surface area contributed by atoms with Crippen molar-refractivity contribution in [2.45, 2.75) is 0 Å². The summed E-state index contributed by atoms with van der Waals surface area (Å²) in [5.41, 5.74) is 2.05. The van der Waals surface area contributed by atoms with Gasteiger partial charge in [0, 0.05) is 24.8 Å². The van der Waals surface area contributed by atoms with Gasteiger partial charge in [-0.2, -0.15) is 0 Å². The van der Waals surface area contributed by atoms with Gasteiger partial charge >= 0.3 is 0 Å². The summed E-state index contributed by atoms with van der Waals surface area (Å²) in [6, 6.07) is 0. The van der Waals surface area contributed by atoms with Gasteiger partial charge in [-0.05, 0) is 17.7 Å². The Balaban J connectivity index is 2.27. The van der Waals surface area contributed by atoms with E-state index in [1.54, 1.807) is 19.3 Å². The number of amides is 2. The van der Waals surface area contributed by atoms with Crippen molar-refractivity contribution < 1.29 is 14.3 Å². The molecule has 0 bridgehead atoms. The number of carbonyl (C=O) groups excluding carboxylic acids is 2. The lowest BCUT2D eigenvalue weighted by Gasteiger charge is -2.27. The summed E-state index contributed by atoms with van der Waals surface area (Å²) in [6.45, 7) is 0.382. The van der Waals surface area contributed by atoms with Gasteiger partial charge in [0.15, 0.2) is 0 Å². The molecule has 1 N–H and O–H groups in total. The summed E-state index contributed by atoms with van der Waals surface area (Å²) in [5, 5.41) is 2.74. The fourth-order valence-electron chi connectivity index (χ4n) is 2.01. The highest BCUT2D eigenvalue weighted by atomic mass is 35.5. The second kappa shape index (κ2) is 5.95. The van der Waals surface area contributed by atoms with Crippen LogP contribution in [0.2, 0.25) is 0 Å². The number of ether oxygens (including phenoxy) is 1. The summed E-state index contributed by atoms with van der Waals surface area (Å²) in [4.78, 5) is 26.5. The van der Waals surface area contributed by atoms with E-state index in [9.17, 15) is 9.59 Å². The predicted octanol–water partition coefficient (Wildman–Crippen LogP) is 0.965. The number of methoxy groups -OCH3 is 1. The molecule has 0 radical (unpaired) electrons. The molecule has 0 aromatic heterocycles. The Morgan fingerprint density at radius 3 is 3.00 bits per heavy atom. The molecule has 6 heteroatoms. The van der Waals surface area contributed by atoms with Crippen molar-refractivity contribution in [3.05, 3.63) is 35.6 Å². The zero-order valence-corrected chi connectivity index (χ0v) is 11.1. The van der Waals surface area contributed by atoms with Gasteiger partial charge in [-0.25, -0.2) is 4.99 Å². The summed E-state index contributed by atoms with van der Waals surface area (Å²) in [6.07, 6.45) is 6.82. The molecule has 1 aliphatic carbocycles. The minimum atomic E-state index is -0.411. The number of hydrogen-bond acceptors (Lipinski definition) is 3. The number of nitrogens with one attached hydrogen (secondary N) is 1. The van der Waals surface area contributed by atoms with Crippen molar-refractivity contribution in [3.8, 4) is 0 Å². The van der Waals surface area contributed by atoms with Crippen LogP contribution in [-0.4, -0.2) is 37.1 Å². The van der Waals surface area contributed by atoms with E-state index < -0.39 is 5.91 Å². The Morgan fingerprint density at radius 2 is 2.32 bits per heavy atom. The zero-order valence-electron chi connectivity index (χ0n) is 10.4. The highest BCUT2D eigenvalue weighted by molar-refractivity contribution is 6.28. The number of halogens is 1. The molecule has 1 heterocycles. The third-order valence-corrected chi connectivity index (χ3v) is 2.99. The number of nitrogens with zero attached hydrogens (tertiary/aromatic N) is 1. The number of hydrogen-bond donors (Lipinski definition) is 1. The van der Waals surface area contributed by atoms with Crippen LogP contribution < -0.4 is 5.32 Å². The first-order valence-corrected chi connectivity index (χ1v) is 6.25. The molecule has 2 amide bonds. The normalized spacial score (nSPS) is 23.6. The number of fused-ring (bicyclic) bond motifs is 1. The first-order valence-electron chi connectivity index (χ1n) is 5.71. The molecule has 0 fully saturated rings. The van der Waals surface area contributed by atoms with Crippen molar-refractivity contribution in [3.63, 3.8) is 0 Å². The number of aliphatic imine (C=N–C) groups is 1. The monoisotopic (exact) mass is 280 g/mol. The van der Waals surface area contributed by atoms with Crippen LogP contribution >= 0.6 is 11.6 Å². The maximum absolute atomic E-state index is 11.6. The summed E-state index contributed by atoms with van der Waals surface area (Å²) < 4.78 is 5.08. The number of alkyl halides is 1. The fraction of sp³-hybridized carbons (Fsp3) is 0.308. The number of rotatable bonds is 3. The lowest BCUT2D eigenvalue weighted by Crippen LogP contribution is -2.34. The van der Waals surface area contributed by atoms with Gasteiger partial charge in [-0.3, -0.25) is 9.59 Å². The molecule has 1 atom stereocenters. The second-order valence-electron chi connectivity index (χ2n) is 4.14. The third kappa shape index (κ3) is 3.19. The lowest BCUT2D eigenvalue weighted by molar-refractivity contribution is -0.116. The highest BCUT2D eigenvalue weighted by Gasteiger charge is 2.26. The molecule has 100 valence electrons.